The summed E-state index contributed by atoms with van der Waals surface area (Å²) in [6, 6.07) is 12.9. The fraction of sp³-hybridized carbons (Fsp3) is 0.333. The van der Waals surface area contributed by atoms with Crippen LogP contribution in [0.5, 0.6) is 0 Å². The smallest absolute Gasteiger partial charge is 0.117 e. The van der Waals surface area contributed by atoms with Crippen LogP contribution in [0.15, 0.2) is 61.2 Å². The summed E-state index contributed by atoms with van der Waals surface area (Å²) in [5, 5.41) is 0. The van der Waals surface area contributed by atoms with Crippen molar-refractivity contribution in [3.05, 3.63) is 83.7 Å². The molecule has 0 bridgehead atoms. The van der Waals surface area contributed by atoms with E-state index in [4.69, 9.17) is 9.72 Å². The number of benzene rings is 1. The van der Waals surface area contributed by atoms with E-state index in [1.54, 1.807) is 7.11 Å². The molecular formula is C21H24N4O. The molecule has 0 N–H and O–H groups in total. The van der Waals surface area contributed by atoms with Crippen molar-refractivity contribution in [2.45, 2.75) is 25.6 Å². The van der Waals surface area contributed by atoms with Gasteiger partial charge in [0.25, 0.3) is 0 Å². The van der Waals surface area contributed by atoms with Gasteiger partial charge in [0.05, 0.1) is 12.5 Å². The van der Waals surface area contributed by atoms with Crippen LogP contribution in [0.2, 0.25) is 0 Å². The Morgan fingerprint density at radius 1 is 1.15 bits per heavy atom. The second-order valence-corrected chi connectivity index (χ2v) is 6.75. The molecule has 1 aliphatic heterocycles. The maximum absolute atomic E-state index is 5.26. The molecule has 5 heteroatoms. The molecule has 3 heterocycles. The second-order valence-electron chi connectivity index (χ2n) is 6.75. The molecule has 4 rings (SSSR count). The maximum atomic E-state index is 5.26. The monoisotopic (exact) mass is 348 g/mol. The molecule has 1 aromatic carbocycles. The highest BCUT2D eigenvalue weighted by atomic mass is 16.5. The summed E-state index contributed by atoms with van der Waals surface area (Å²) < 4.78 is 7.48. The van der Waals surface area contributed by atoms with Gasteiger partial charge in [-0.05, 0) is 22.8 Å². The van der Waals surface area contributed by atoms with Gasteiger partial charge in [0, 0.05) is 58.1 Å². The Labute approximate surface area is 154 Å². The third-order valence-electron chi connectivity index (χ3n) is 4.99. The topological polar surface area (TPSA) is 43.2 Å². The van der Waals surface area contributed by atoms with Gasteiger partial charge in [0.15, 0.2) is 0 Å². The summed E-state index contributed by atoms with van der Waals surface area (Å²) in [5.74, 6) is 1.38. The number of hydrogen-bond donors (Lipinski definition) is 0. The first-order chi connectivity index (χ1) is 12.8. The van der Waals surface area contributed by atoms with Crippen LogP contribution in [0.25, 0.3) is 0 Å². The SMILES string of the molecule is COCCn1ccnc1[C@@H]1CN(Cc2cccnc2)Cc2ccccc21. The number of pyridine rings is 1. The summed E-state index contributed by atoms with van der Waals surface area (Å²) >= 11 is 0. The van der Waals surface area contributed by atoms with E-state index in [-0.39, 0.29) is 5.92 Å². The van der Waals surface area contributed by atoms with Crippen LogP contribution in [-0.2, 0) is 24.4 Å². The molecule has 0 radical (unpaired) electrons. The summed E-state index contributed by atoms with van der Waals surface area (Å²) in [6.45, 7) is 4.33. The van der Waals surface area contributed by atoms with Crippen LogP contribution in [0.4, 0.5) is 0 Å². The van der Waals surface area contributed by atoms with Gasteiger partial charge in [0.1, 0.15) is 5.82 Å². The standard InChI is InChI=1S/C21H24N4O/c1-26-12-11-25-10-9-23-21(25)20-16-24(14-17-5-4-8-22-13-17)15-18-6-2-3-7-19(18)20/h2-10,13,20H,11-12,14-16H2,1H3/t20-/m1/s1. The lowest BCUT2D eigenvalue weighted by Gasteiger charge is -2.34. The van der Waals surface area contributed by atoms with Crippen LogP contribution in [-0.4, -0.2) is 39.7 Å². The first-order valence-corrected chi connectivity index (χ1v) is 9.04. The van der Waals surface area contributed by atoms with E-state index >= 15 is 0 Å². The number of hydrogen-bond acceptors (Lipinski definition) is 4. The fourth-order valence-corrected chi connectivity index (χ4v) is 3.78. The molecule has 0 amide bonds. The Kier molecular flexibility index (Phi) is 5.09. The van der Waals surface area contributed by atoms with E-state index in [9.17, 15) is 0 Å². The fourth-order valence-electron chi connectivity index (χ4n) is 3.78. The van der Waals surface area contributed by atoms with E-state index in [0.717, 1.165) is 32.0 Å². The first-order valence-electron chi connectivity index (χ1n) is 9.04. The Morgan fingerprint density at radius 3 is 2.92 bits per heavy atom. The summed E-state index contributed by atoms with van der Waals surface area (Å²) in [6.07, 6.45) is 7.73. The zero-order valence-electron chi connectivity index (χ0n) is 15.1. The van der Waals surface area contributed by atoms with E-state index in [2.05, 4.69) is 51.0 Å². The molecule has 0 saturated carbocycles. The van der Waals surface area contributed by atoms with Crippen molar-refractivity contribution in [1.29, 1.82) is 0 Å². The number of rotatable bonds is 6. The predicted molar refractivity (Wildman–Crippen MR) is 101 cm³/mol. The second kappa shape index (κ2) is 7.81. The molecule has 5 nitrogen and oxygen atoms in total. The molecule has 0 unspecified atom stereocenters. The van der Waals surface area contributed by atoms with E-state index < -0.39 is 0 Å². The van der Waals surface area contributed by atoms with Crippen LogP contribution in [0.1, 0.15) is 28.4 Å². The molecule has 0 fully saturated rings. The van der Waals surface area contributed by atoms with Gasteiger partial charge in [0.2, 0.25) is 0 Å². The number of methoxy groups -OCH3 is 1. The molecule has 0 spiro atoms. The minimum Gasteiger partial charge on any atom is -0.383 e. The number of aromatic nitrogens is 3. The lowest BCUT2D eigenvalue weighted by molar-refractivity contribution is 0.184. The largest absolute Gasteiger partial charge is 0.383 e. The van der Waals surface area contributed by atoms with Crippen molar-refractivity contribution in [3.63, 3.8) is 0 Å². The Hall–Kier alpha value is -2.50. The van der Waals surface area contributed by atoms with Crippen molar-refractivity contribution >= 4 is 0 Å². The molecule has 0 aliphatic carbocycles. The lowest BCUT2D eigenvalue weighted by Crippen LogP contribution is -2.35. The van der Waals surface area contributed by atoms with Gasteiger partial charge in [-0.25, -0.2) is 4.98 Å². The van der Waals surface area contributed by atoms with Crippen molar-refractivity contribution in [2.24, 2.45) is 0 Å². The van der Waals surface area contributed by atoms with Gasteiger partial charge in [-0.2, -0.15) is 0 Å². The van der Waals surface area contributed by atoms with Gasteiger partial charge in [-0.15, -0.1) is 0 Å². The summed E-state index contributed by atoms with van der Waals surface area (Å²) in [7, 11) is 1.74. The molecule has 134 valence electrons. The normalized spacial score (nSPS) is 17.2. The van der Waals surface area contributed by atoms with Gasteiger partial charge in [-0.1, -0.05) is 30.3 Å². The van der Waals surface area contributed by atoms with Crippen molar-refractivity contribution < 1.29 is 4.74 Å². The van der Waals surface area contributed by atoms with Crippen LogP contribution >= 0.6 is 0 Å². The minimum absolute atomic E-state index is 0.267. The molecule has 1 aliphatic rings. The Bertz CT molecular complexity index is 846. The highest BCUT2D eigenvalue weighted by Gasteiger charge is 2.29. The molecule has 3 aromatic rings. The average Bonchev–Trinajstić information content (AvgIpc) is 3.15. The van der Waals surface area contributed by atoms with Crippen molar-refractivity contribution in [2.75, 3.05) is 20.3 Å². The zero-order valence-corrected chi connectivity index (χ0v) is 15.1. The van der Waals surface area contributed by atoms with E-state index in [1.165, 1.54) is 16.7 Å². The summed E-state index contributed by atoms with van der Waals surface area (Å²) in [5.41, 5.74) is 4.02. The van der Waals surface area contributed by atoms with Gasteiger partial charge in [-0.3, -0.25) is 9.88 Å². The van der Waals surface area contributed by atoms with Gasteiger partial charge < -0.3 is 9.30 Å². The van der Waals surface area contributed by atoms with Crippen LogP contribution in [0.3, 0.4) is 0 Å². The molecule has 26 heavy (non-hydrogen) atoms. The molecule has 2 aromatic heterocycles. The number of nitrogens with zero attached hydrogens (tertiary/aromatic N) is 4. The van der Waals surface area contributed by atoms with E-state index in [0.29, 0.717) is 6.61 Å². The van der Waals surface area contributed by atoms with Crippen molar-refractivity contribution in [3.8, 4) is 0 Å². The number of fused-ring (bicyclic) bond motifs is 1. The van der Waals surface area contributed by atoms with E-state index in [1.807, 2.05) is 24.7 Å². The van der Waals surface area contributed by atoms with Gasteiger partial charge >= 0.3 is 0 Å². The Balaban J connectivity index is 1.64. The zero-order chi connectivity index (χ0) is 17.8. The molecule has 0 saturated heterocycles. The maximum Gasteiger partial charge on any atom is 0.117 e. The average molecular weight is 348 g/mol. The highest BCUT2D eigenvalue weighted by molar-refractivity contribution is 5.37. The quantitative estimate of drug-likeness (QED) is 0.687. The lowest BCUT2D eigenvalue weighted by atomic mass is 9.88. The van der Waals surface area contributed by atoms with Crippen molar-refractivity contribution in [1.82, 2.24) is 19.4 Å². The predicted octanol–water partition coefficient (Wildman–Crippen LogP) is 3.07. The third kappa shape index (κ3) is 3.54. The number of ether oxygens (including phenoxy) is 1. The highest BCUT2D eigenvalue weighted by Crippen LogP contribution is 2.33. The van der Waals surface area contributed by atoms with Crippen LogP contribution in [0, 0.1) is 0 Å². The summed E-state index contributed by atoms with van der Waals surface area (Å²) in [4.78, 5) is 11.4. The third-order valence-corrected chi connectivity index (χ3v) is 4.99. The van der Waals surface area contributed by atoms with Crippen LogP contribution < -0.4 is 0 Å². The Morgan fingerprint density at radius 2 is 2.08 bits per heavy atom. The molecular weight excluding hydrogens is 324 g/mol. The number of imidazole rings is 1. The first kappa shape index (κ1) is 16.9. The molecule has 1 atom stereocenters. The minimum atomic E-state index is 0.267.